The van der Waals surface area contributed by atoms with Crippen LogP contribution in [0.3, 0.4) is 0 Å². The summed E-state index contributed by atoms with van der Waals surface area (Å²) in [7, 11) is 0. The number of allylic oxidation sites excluding steroid dienone is 2. The van der Waals surface area contributed by atoms with E-state index in [0.29, 0.717) is 17.3 Å². The van der Waals surface area contributed by atoms with Crippen LogP contribution in [0.15, 0.2) is 24.3 Å². The Hall–Kier alpha value is -0.560. The average molecular weight is 288 g/mol. The number of aliphatic hydroxyl groups excluding tert-OH is 1. The minimum Gasteiger partial charge on any atom is -0.393 e. The van der Waals surface area contributed by atoms with Gasteiger partial charge in [0.15, 0.2) is 0 Å². The monoisotopic (exact) mass is 288 g/mol. The van der Waals surface area contributed by atoms with Gasteiger partial charge in [0, 0.05) is 5.41 Å². The highest BCUT2D eigenvalue weighted by molar-refractivity contribution is 5.18. The molecule has 118 valence electrons. The minimum absolute atomic E-state index is 0.0578. The fourth-order valence-electron chi connectivity index (χ4n) is 5.93. The summed E-state index contributed by atoms with van der Waals surface area (Å²) in [5.41, 5.74) is 3.26. The summed E-state index contributed by atoms with van der Waals surface area (Å²) < 4.78 is 0. The van der Waals surface area contributed by atoms with Crippen molar-refractivity contribution in [2.45, 2.75) is 71.8 Å². The Bertz CT molecular complexity index is 464. The standard InChI is InChI=1S/C20H32O/c1-13(2)15-8-10-19(4)12-17-14(3)6-7-18(21)20(17,5)11-9-16(15)19/h15-18,21H,1,3,6-12H2,2,4-5H3/t15-,16-,17+,18-,19+,20-/m0/s1. The van der Waals surface area contributed by atoms with Gasteiger partial charge in [-0.2, -0.15) is 0 Å². The van der Waals surface area contributed by atoms with Crippen molar-refractivity contribution in [3.05, 3.63) is 24.3 Å². The lowest BCUT2D eigenvalue weighted by molar-refractivity contribution is -0.0291. The van der Waals surface area contributed by atoms with Gasteiger partial charge in [-0.05, 0) is 75.0 Å². The summed E-state index contributed by atoms with van der Waals surface area (Å²) in [6.07, 6.45) is 8.07. The Morgan fingerprint density at radius 1 is 1.19 bits per heavy atom. The molecule has 0 aromatic rings. The van der Waals surface area contributed by atoms with Gasteiger partial charge in [-0.25, -0.2) is 0 Å². The van der Waals surface area contributed by atoms with Crippen LogP contribution in [0, 0.1) is 28.6 Å². The highest BCUT2D eigenvalue weighted by Gasteiger charge is 2.55. The van der Waals surface area contributed by atoms with Gasteiger partial charge < -0.3 is 5.11 Å². The molecule has 0 spiro atoms. The average Bonchev–Trinajstić information content (AvgIpc) is 2.69. The molecule has 3 aliphatic rings. The molecule has 1 heteroatoms. The normalized spacial score (nSPS) is 50.2. The second-order valence-corrected chi connectivity index (χ2v) is 8.77. The number of hydrogen-bond acceptors (Lipinski definition) is 1. The molecule has 0 aliphatic heterocycles. The quantitative estimate of drug-likeness (QED) is 0.665. The predicted molar refractivity (Wildman–Crippen MR) is 89.0 cm³/mol. The van der Waals surface area contributed by atoms with Crippen LogP contribution in [0.25, 0.3) is 0 Å². The molecule has 3 saturated carbocycles. The van der Waals surface area contributed by atoms with Crippen LogP contribution in [0.5, 0.6) is 0 Å². The van der Waals surface area contributed by atoms with E-state index in [0.717, 1.165) is 25.2 Å². The van der Waals surface area contributed by atoms with E-state index in [2.05, 4.69) is 33.9 Å². The maximum absolute atomic E-state index is 10.7. The summed E-state index contributed by atoms with van der Waals surface area (Å²) in [5, 5.41) is 10.7. The number of fused-ring (bicyclic) bond motifs is 2. The van der Waals surface area contributed by atoms with Gasteiger partial charge in [0.25, 0.3) is 0 Å². The van der Waals surface area contributed by atoms with E-state index >= 15 is 0 Å². The smallest absolute Gasteiger partial charge is 0.0602 e. The maximum Gasteiger partial charge on any atom is 0.0602 e. The highest BCUT2D eigenvalue weighted by atomic mass is 16.3. The molecule has 0 aromatic heterocycles. The summed E-state index contributed by atoms with van der Waals surface area (Å²) in [6, 6.07) is 0. The largest absolute Gasteiger partial charge is 0.393 e. The molecule has 1 N–H and O–H groups in total. The van der Waals surface area contributed by atoms with Crippen molar-refractivity contribution in [1.82, 2.24) is 0 Å². The second-order valence-electron chi connectivity index (χ2n) is 8.77. The van der Waals surface area contributed by atoms with Crippen LogP contribution in [0.1, 0.15) is 65.7 Å². The lowest BCUT2D eigenvalue weighted by Crippen LogP contribution is -2.44. The number of hydrogen-bond donors (Lipinski definition) is 1. The van der Waals surface area contributed by atoms with Gasteiger partial charge >= 0.3 is 0 Å². The van der Waals surface area contributed by atoms with Crippen LogP contribution in [-0.2, 0) is 0 Å². The van der Waals surface area contributed by atoms with Gasteiger partial charge in [0.05, 0.1) is 6.10 Å². The van der Waals surface area contributed by atoms with E-state index in [1.54, 1.807) is 0 Å². The fraction of sp³-hybridized carbons (Fsp3) is 0.800. The van der Waals surface area contributed by atoms with E-state index in [9.17, 15) is 5.11 Å². The van der Waals surface area contributed by atoms with E-state index in [1.807, 2.05) is 0 Å². The zero-order valence-corrected chi connectivity index (χ0v) is 14.1. The molecule has 0 bridgehead atoms. The topological polar surface area (TPSA) is 20.2 Å². The second kappa shape index (κ2) is 4.98. The first-order valence-electron chi connectivity index (χ1n) is 8.79. The van der Waals surface area contributed by atoms with Crippen molar-refractivity contribution in [2.75, 3.05) is 0 Å². The molecule has 0 radical (unpaired) electrons. The van der Waals surface area contributed by atoms with Gasteiger partial charge in [-0.3, -0.25) is 0 Å². The molecule has 0 saturated heterocycles. The molecule has 3 rings (SSSR count). The van der Waals surface area contributed by atoms with Crippen molar-refractivity contribution in [1.29, 1.82) is 0 Å². The zero-order valence-electron chi connectivity index (χ0n) is 14.1. The van der Waals surface area contributed by atoms with Crippen molar-refractivity contribution in [3.63, 3.8) is 0 Å². The first-order chi connectivity index (χ1) is 9.78. The third-order valence-corrected chi connectivity index (χ3v) is 7.49. The molecule has 0 heterocycles. The SMILES string of the molecule is C=C1CC[C@H](O)[C@@]2(C)CC[C@H]3[C@H](C(=C)C)CC[C@]3(C)C[C@H]12. The Labute approximate surface area is 130 Å². The molecule has 6 atom stereocenters. The van der Waals surface area contributed by atoms with Crippen molar-refractivity contribution in [3.8, 4) is 0 Å². The molecule has 21 heavy (non-hydrogen) atoms. The molecular weight excluding hydrogens is 256 g/mol. The number of rotatable bonds is 1. The first-order valence-corrected chi connectivity index (χ1v) is 8.79. The third-order valence-electron chi connectivity index (χ3n) is 7.49. The Balaban J connectivity index is 1.95. The van der Waals surface area contributed by atoms with Crippen LogP contribution < -0.4 is 0 Å². The molecule has 0 aromatic carbocycles. The molecule has 3 fully saturated rings. The van der Waals surface area contributed by atoms with Crippen LogP contribution in [0.4, 0.5) is 0 Å². The summed E-state index contributed by atoms with van der Waals surface area (Å²) in [4.78, 5) is 0. The summed E-state index contributed by atoms with van der Waals surface area (Å²) in [6.45, 7) is 15.7. The Morgan fingerprint density at radius 2 is 1.90 bits per heavy atom. The lowest BCUT2D eigenvalue weighted by atomic mass is 9.59. The predicted octanol–water partition coefficient (Wildman–Crippen LogP) is 5.11. The van der Waals surface area contributed by atoms with Gasteiger partial charge in [0.1, 0.15) is 0 Å². The van der Waals surface area contributed by atoms with Crippen molar-refractivity contribution >= 4 is 0 Å². The molecule has 0 unspecified atom stereocenters. The van der Waals surface area contributed by atoms with Gasteiger partial charge in [-0.15, -0.1) is 0 Å². The first kappa shape index (κ1) is 15.3. The van der Waals surface area contributed by atoms with Crippen molar-refractivity contribution in [2.24, 2.45) is 28.6 Å². The molecular formula is C20H32O. The molecule has 0 amide bonds. The number of aliphatic hydroxyl groups is 1. The minimum atomic E-state index is -0.140. The Morgan fingerprint density at radius 3 is 2.57 bits per heavy atom. The fourth-order valence-corrected chi connectivity index (χ4v) is 5.93. The lowest BCUT2D eigenvalue weighted by Gasteiger charge is -2.47. The Kier molecular flexibility index (Phi) is 3.64. The molecule has 1 nitrogen and oxygen atoms in total. The van der Waals surface area contributed by atoms with Gasteiger partial charge in [-0.1, -0.05) is 38.2 Å². The molecule has 3 aliphatic carbocycles. The van der Waals surface area contributed by atoms with Crippen LogP contribution >= 0.6 is 0 Å². The van der Waals surface area contributed by atoms with Crippen LogP contribution in [0.2, 0.25) is 0 Å². The van der Waals surface area contributed by atoms with E-state index < -0.39 is 0 Å². The van der Waals surface area contributed by atoms with E-state index in [1.165, 1.54) is 36.8 Å². The zero-order chi connectivity index (χ0) is 15.4. The van der Waals surface area contributed by atoms with Gasteiger partial charge in [0.2, 0.25) is 0 Å². The van der Waals surface area contributed by atoms with E-state index in [-0.39, 0.29) is 11.5 Å². The summed E-state index contributed by atoms with van der Waals surface area (Å²) in [5.74, 6) is 1.97. The highest BCUT2D eigenvalue weighted by Crippen LogP contribution is 2.62. The maximum atomic E-state index is 10.7. The third kappa shape index (κ3) is 2.23. The van der Waals surface area contributed by atoms with Crippen molar-refractivity contribution < 1.29 is 5.11 Å². The van der Waals surface area contributed by atoms with Crippen LogP contribution in [-0.4, -0.2) is 11.2 Å². The van der Waals surface area contributed by atoms with E-state index in [4.69, 9.17) is 0 Å². The summed E-state index contributed by atoms with van der Waals surface area (Å²) >= 11 is 0.